The summed E-state index contributed by atoms with van der Waals surface area (Å²) in [5.74, 6) is -2.94. The number of hydrogen-bond acceptors (Lipinski definition) is 4. The molecule has 0 spiro atoms. The van der Waals surface area contributed by atoms with E-state index in [1.165, 1.54) is 12.1 Å². The molecular weight excluding hydrogens is 676 g/mol. The minimum atomic E-state index is -5.08. The largest absolute Gasteiger partial charge is 0.490 e. The Balaban J connectivity index is 0.000000755. The van der Waals surface area contributed by atoms with Gasteiger partial charge in [-0.15, -0.1) is 0 Å². The number of amides is 2. The van der Waals surface area contributed by atoms with Crippen LogP contribution in [0.3, 0.4) is 0 Å². The fourth-order valence-corrected chi connectivity index (χ4v) is 5.87. The van der Waals surface area contributed by atoms with Crippen molar-refractivity contribution in [2.75, 3.05) is 29.9 Å². The van der Waals surface area contributed by atoms with Crippen LogP contribution in [0.4, 0.5) is 37.7 Å². The van der Waals surface area contributed by atoms with Crippen molar-refractivity contribution in [3.8, 4) is 11.1 Å². The van der Waals surface area contributed by atoms with Gasteiger partial charge in [-0.05, 0) is 84.3 Å². The van der Waals surface area contributed by atoms with E-state index in [0.717, 1.165) is 55.7 Å². The number of nitrogens with one attached hydrogen (secondary N) is 2. The number of rotatable bonds is 9. The zero-order valence-electron chi connectivity index (χ0n) is 27.6. The van der Waals surface area contributed by atoms with Crippen molar-refractivity contribution in [3.05, 3.63) is 120 Å². The number of piperidine rings is 1. The Labute approximate surface area is 291 Å². The summed E-state index contributed by atoms with van der Waals surface area (Å²) in [5.41, 5.74) is 3.43. The van der Waals surface area contributed by atoms with Crippen LogP contribution in [-0.4, -0.2) is 48.7 Å². The minimum Gasteiger partial charge on any atom is -0.475 e. The third-order valence-electron chi connectivity index (χ3n) is 8.43. The van der Waals surface area contributed by atoms with Gasteiger partial charge in [0.15, 0.2) is 0 Å². The second-order valence-corrected chi connectivity index (χ2v) is 11.9. The Morgan fingerprint density at radius 2 is 1.37 bits per heavy atom. The number of benzene rings is 4. The zero-order valence-corrected chi connectivity index (χ0v) is 27.6. The number of nitrogens with zero attached hydrogens (tertiary/aromatic N) is 1. The van der Waals surface area contributed by atoms with E-state index >= 15 is 0 Å². The number of hydrogen-bond donors (Lipinski definition) is 3. The average molecular weight is 714 g/mol. The Bertz CT molecular complexity index is 1750. The standard InChI is InChI=1S/C36H36F3N3O2.C2HF3O2/c1-2-22-40-35(44)33(26-8-4-3-5-9-26)27-20-23-42(24-21-27)30-18-16-29(17-19-30)41-34(43)32-11-7-6-10-31(32)25-12-14-28(15-13-25)36(37,38)39;3-2(4,5)1(6)7/h3-19,27,33H,2,20-24H2,1H3,(H,40,44)(H,41,43);(H,6,7). The first-order valence-electron chi connectivity index (χ1n) is 16.2. The summed E-state index contributed by atoms with van der Waals surface area (Å²) in [6.07, 6.45) is -6.84. The molecule has 1 aliphatic heterocycles. The normalized spacial score (nSPS) is 14.1. The van der Waals surface area contributed by atoms with Gasteiger partial charge in [0.2, 0.25) is 5.91 Å². The molecule has 1 unspecified atom stereocenters. The van der Waals surface area contributed by atoms with E-state index in [2.05, 4.69) is 22.5 Å². The molecule has 0 saturated carbocycles. The van der Waals surface area contributed by atoms with Gasteiger partial charge in [0, 0.05) is 36.6 Å². The Hall–Kier alpha value is -5.33. The molecule has 270 valence electrons. The minimum absolute atomic E-state index is 0.0940. The number of alkyl halides is 6. The highest BCUT2D eigenvalue weighted by Gasteiger charge is 2.38. The molecule has 1 saturated heterocycles. The molecule has 4 aromatic carbocycles. The SMILES string of the molecule is CCCNC(=O)C(c1ccccc1)C1CCN(c2ccc(NC(=O)c3ccccc3-c3ccc(C(F)(F)F)cc3)cc2)CC1.O=C(O)C(F)(F)F. The average Bonchev–Trinajstić information content (AvgIpc) is 3.11. The smallest absolute Gasteiger partial charge is 0.475 e. The number of carboxylic acid groups (broad SMARTS) is 1. The molecule has 0 aliphatic carbocycles. The van der Waals surface area contributed by atoms with Gasteiger partial charge in [-0.1, -0.05) is 67.6 Å². The molecule has 51 heavy (non-hydrogen) atoms. The van der Waals surface area contributed by atoms with Crippen molar-refractivity contribution in [1.29, 1.82) is 0 Å². The highest BCUT2D eigenvalue weighted by Crippen LogP contribution is 2.35. The predicted molar refractivity (Wildman–Crippen MR) is 182 cm³/mol. The lowest BCUT2D eigenvalue weighted by Gasteiger charge is -2.37. The molecule has 1 heterocycles. The lowest BCUT2D eigenvalue weighted by molar-refractivity contribution is -0.192. The quantitative estimate of drug-likeness (QED) is 0.151. The van der Waals surface area contributed by atoms with E-state index < -0.39 is 23.9 Å². The van der Waals surface area contributed by atoms with Gasteiger partial charge >= 0.3 is 18.3 Å². The van der Waals surface area contributed by atoms with Crippen molar-refractivity contribution in [2.24, 2.45) is 5.92 Å². The maximum Gasteiger partial charge on any atom is 0.490 e. The fraction of sp³-hybridized carbons (Fsp3) is 0.289. The zero-order chi connectivity index (χ0) is 37.2. The lowest BCUT2D eigenvalue weighted by Crippen LogP contribution is -2.40. The number of aliphatic carboxylic acids is 1. The van der Waals surface area contributed by atoms with Crippen molar-refractivity contribution in [1.82, 2.24) is 5.32 Å². The molecule has 3 N–H and O–H groups in total. The number of carbonyl (C=O) groups is 3. The summed E-state index contributed by atoms with van der Waals surface area (Å²) in [4.78, 5) is 37.6. The summed E-state index contributed by atoms with van der Waals surface area (Å²) in [5, 5.41) is 13.1. The third kappa shape index (κ3) is 10.6. The van der Waals surface area contributed by atoms with Crippen LogP contribution in [0.1, 0.15) is 53.6 Å². The predicted octanol–water partition coefficient (Wildman–Crippen LogP) is 8.78. The van der Waals surface area contributed by atoms with Crippen LogP contribution in [0.5, 0.6) is 0 Å². The highest BCUT2D eigenvalue weighted by molar-refractivity contribution is 6.08. The summed E-state index contributed by atoms with van der Waals surface area (Å²) in [6.45, 7) is 4.36. The van der Waals surface area contributed by atoms with Gasteiger partial charge in [-0.25, -0.2) is 4.79 Å². The lowest BCUT2D eigenvalue weighted by atomic mass is 9.79. The van der Waals surface area contributed by atoms with Gasteiger partial charge in [-0.2, -0.15) is 26.3 Å². The molecule has 4 aromatic rings. The number of carbonyl (C=O) groups excluding carboxylic acids is 2. The Morgan fingerprint density at radius 1 is 0.804 bits per heavy atom. The van der Waals surface area contributed by atoms with Crippen LogP contribution in [0, 0.1) is 5.92 Å². The molecule has 0 aromatic heterocycles. The van der Waals surface area contributed by atoms with E-state index in [9.17, 15) is 35.9 Å². The second-order valence-electron chi connectivity index (χ2n) is 11.9. The van der Waals surface area contributed by atoms with Crippen molar-refractivity contribution < 1.29 is 45.8 Å². The molecule has 1 aliphatic rings. The van der Waals surface area contributed by atoms with Crippen LogP contribution < -0.4 is 15.5 Å². The first-order chi connectivity index (χ1) is 24.2. The van der Waals surface area contributed by atoms with Crippen molar-refractivity contribution in [3.63, 3.8) is 0 Å². The van der Waals surface area contributed by atoms with Crippen molar-refractivity contribution >= 4 is 29.2 Å². The molecule has 2 amide bonds. The van der Waals surface area contributed by atoms with E-state index in [1.54, 1.807) is 24.3 Å². The summed E-state index contributed by atoms with van der Waals surface area (Å²) in [7, 11) is 0. The maximum atomic E-state index is 13.2. The molecule has 0 radical (unpaired) electrons. The second kappa shape index (κ2) is 17.1. The maximum absolute atomic E-state index is 13.2. The number of carboxylic acids is 1. The third-order valence-corrected chi connectivity index (χ3v) is 8.43. The number of anilines is 2. The van der Waals surface area contributed by atoms with Gasteiger partial charge in [0.1, 0.15) is 0 Å². The Morgan fingerprint density at radius 3 is 1.92 bits per heavy atom. The van der Waals surface area contributed by atoms with E-state index in [1.807, 2.05) is 54.6 Å². The van der Waals surface area contributed by atoms with Crippen molar-refractivity contribution in [2.45, 2.75) is 44.5 Å². The first-order valence-corrected chi connectivity index (χ1v) is 16.2. The van der Waals surface area contributed by atoms with Gasteiger partial charge in [0.25, 0.3) is 5.91 Å². The first kappa shape index (κ1) is 38.5. The molecule has 5 rings (SSSR count). The summed E-state index contributed by atoms with van der Waals surface area (Å²) >= 11 is 0. The Kier molecular flexibility index (Phi) is 12.9. The van der Waals surface area contributed by atoms with E-state index in [0.29, 0.717) is 28.9 Å². The fourth-order valence-electron chi connectivity index (χ4n) is 5.87. The van der Waals surface area contributed by atoms with Gasteiger partial charge in [0.05, 0.1) is 11.5 Å². The van der Waals surface area contributed by atoms with E-state index in [4.69, 9.17) is 9.90 Å². The molecule has 1 fully saturated rings. The number of halogens is 6. The summed E-state index contributed by atoms with van der Waals surface area (Å²) in [6, 6.07) is 29.3. The topological polar surface area (TPSA) is 98.7 Å². The molecule has 1 atom stereocenters. The van der Waals surface area contributed by atoms with Crippen LogP contribution in [0.25, 0.3) is 11.1 Å². The molecule has 7 nitrogen and oxygen atoms in total. The van der Waals surface area contributed by atoms with Gasteiger partial charge < -0.3 is 20.6 Å². The van der Waals surface area contributed by atoms with Crippen LogP contribution in [0.15, 0.2) is 103 Å². The van der Waals surface area contributed by atoms with Gasteiger partial charge in [-0.3, -0.25) is 9.59 Å². The monoisotopic (exact) mass is 713 g/mol. The van der Waals surface area contributed by atoms with Crippen LogP contribution in [0.2, 0.25) is 0 Å². The molecule has 0 bridgehead atoms. The van der Waals surface area contributed by atoms with Crippen LogP contribution in [-0.2, 0) is 15.8 Å². The van der Waals surface area contributed by atoms with Crippen LogP contribution >= 0.6 is 0 Å². The highest BCUT2D eigenvalue weighted by atomic mass is 19.4. The van der Waals surface area contributed by atoms with E-state index in [-0.39, 0.29) is 23.7 Å². The molecular formula is C38H37F6N3O4. The summed E-state index contributed by atoms with van der Waals surface area (Å²) < 4.78 is 70.8. The molecule has 13 heteroatoms.